The average Bonchev–Trinajstić information content (AvgIpc) is 3.47. The molecule has 0 saturated heterocycles. The molecule has 31 heavy (non-hydrogen) atoms. The predicted octanol–water partition coefficient (Wildman–Crippen LogP) is 2.28. The first-order chi connectivity index (χ1) is 14.8. The molecular formula is C21H29N9O. The highest BCUT2D eigenvalue weighted by Gasteiger charge is 2.16. The van der Waals surface area contributed by atoms with Crippen molar-refractivity contribution in [2.45, 2.75) is 66.8 Å². The van der Waals surface area contributed by atoms with Crippen molar-refractivity contribution in [3.05, 3.63) is 57.0 Å². The summed E-state index contributed by atoms with van der Waals surface area (Å²) in [6.07, 6.45) is 3.18. The molecule has 10 nitrogen and oxygen atoms in total. The quantitative estimate of drug-likeness (QED) is 0.462. The topological polar surface area (TPSA) is 116 Å². The summed E-state index contributed by atoms with van der Waals surface area (Å²) in [5.74, 6) is 2.74. The van der Waals surface area contributed by atoms with Gasteiger partial charge < -0.3 is 9.09 Å². The molecule has 0 amide bonds. The molecule has 0 aliphatic carbocycles. The molecule has 0 bridgehead atoms. The third-order valence-electron chi connectivity index (χ3n) is 6.22. The number of aromatic amines is 1. The Bertz CT molecular complexity index is 1100. The van der Waals surface area contributed by atoms with E-state index in [1.165, 1.54) is 0 Å². The fraction of sp³-hybridized carbons (Fsp3) is 0.524. The highest BCUT2D eigenvalue weighted by Crippen LogP contribution is 2.18. The number of hydrogen-bond acceptors (Lipinski definition) is 7. The van der Waals surface area contributed by atoms with Crippen LogP contribution in [0.5, 0.6) is 0 Å². The van der Waals surface area contributed by atoms with E-state index in [0.717, 1.165) is 82.7 Å². The van der Waals surface area contributed by atoms with Crippen LogP contribution in [-0.2, 0) is 39.3 Å². The van der Waals surface area contributed by atoms with Gasteiger partial charge in [-0.1, -0.05) is 10.4 Å². The first-order valence-corrected chi connectivity index (χ1v) is 10.5. The van der Waals surface area contributed by atoms with Gasteiger partial charge in [0.15, 0.2) is 0 Å². The van der Waals surface area contributed by atoms with E-state index in [0.29, 0.717) is 6.54 Å². The van der Waals surface area contributed by atoms with E-state index >= 15 is 0 Å². The largest absolute Gasteiger partial charge is 0.361 e. The zero-order valence-electron chi connectivity index (χ0n) is 19.0. The third-order valence-corrected chi connectivity index (χ3v) is 6.22. The molecule has 0 fully saturated rings. The van der Waals surface area contributed by atoms with E-state index in [1.54, 1.807) is 0 Å². The molecule has 0 aromatic carbocycles. The van der Waals surface area contributed by atoms with Gasteiger partial charge >= 0.3 is 0 Å². The van der Waals surface area contributed by atoms with E-state index in [1.807, 2.05) is 37.1 Å². The van der Waals surface area contributed by atoms with Crippen LogP contribution in [0.4, 0.5) is 0 Å². The van der Waals surface area contributed by atoms with Gasteiger partial charge in [0.25, 0.3) is 0 Å². The fourth-order valence-corrected chi connectivity index (χ4v) is 3.63. The van der Waals surface area contributed by atoms with Gasteiger partial charge in [0.05, 0.1) is 35.0 Å². The van der Waals surface area contributed by atoms with Gasteiger partial charge in [-0.15, -0.1) is 15.3 Å². The maximum atomic E-state index is 5.26. The van der Waals surface area contributed by atoms with Crippen molar-refractivity contribution in [2.75, 3.05) is 0 Å². The molecule has 0 aliphatic heterocycles. The molecule has 4 heterocycles. The minimum Gasteiger partial charge on any atom is -0.361 e. The Morgan fingerprint density at radius 3 is 2.26 bits per heavy atom. The maximum absolute atomic E-state index is 5.26. The second kappa shape index (κ2) is 8.44. The van der Waals surface area contributed by atoms with Gasteiger partial charge in [-0.25, -0.2) is 4.68 Å². The fourth-order valence-electron chi connectivity index (χ4n) is 3.63. The Balaban J connectivity index is 1.40. The third kappa shape index (κ3) is 4.14. The highest BCUT2D eigenvalue weighted by molar-refractivity contribution is 5.27. The van der Waals surface area contributed by atoms with Gasteiger partial charge in [-0.3, -0.25) is 5.10 Å². The van der Waals surface area contributed by atoms with Gasteiger partial charge in [0.1, 0.15) is 17.4 Å². The Labute approximate surface area is 181 Å². The molecule has 0 aliphatic rings. The van der Waals surface area contributed by atoms with Crippen LogP contribution in [0.1, 0.15) is 57.0 Å². The van der Waals surface area contributed by atoms with Crippen molar-refractivity contribution < 1.29 is 4.52 Å². The van der Waals surface area contributed by atoms with Gasteiger partial charge in [0, 0.05) is 25.5 Å². The second-order valence-electron chi connectivity index (χ2n) is 8.09. The normalized spacial score (nSPS) is 11.5. The molecule has 0 spiro atoms. The lowest BCUT2D eigenvalue weighted by Crippen LogP contribution is -2.07. The van der Waals surface area contributed by atoms with Crippen LogP contribution in [0, 0.1) is 34.6 Å². The standard InChI is InChI=1S/C21H29N9O/c1-12-15(4)31-27-18(12)8-7-17-13(2)20(24-23-17)11-30-14(3)19(25-28-30)9-10-21-26-22-16(5)29(21)6/h7-11H2,1-6H3,(H,23,24). The van der Waals surface area contributed by atoms with E-state index in [-0.39, 0.29) is 0 Å². The highest BCUT2D eigenvalue weighted by atomic mass is 16.5. The zero-order chi connectivity index (χ0) is 22.1. The molecule has 1 N–H and O–H groups in total. The monoisotopic (exact) mass is 423 g/mol. The number of H-pyrrole nitrogens is 1. The molecular weight excluding hydrogens is 394 g/mol. The Morgan fingerprint density at radius 2 is 1.58 bits per heavy atom. The van der Waals surface area contributed by atoms with Crippen molar-refractivity contribution in [3.63, 3.8) is 0 Å². The van der Waals surface area contributed by atoms with Gasteiger partial charge in [-0.05, 0) is 53.0 Å². The Hall–Kier alpha value is -3.30. The molecule has 4 aromatic heterocycles. The van der Waals surface area contributed by atoms with Crippen LogP contribution in [-0.4, -0.2) is 45.1 Å². The van der Waals surface area contributed by atoms with Crippen molar-refractivity contribution in [1.82, 2.24) is 45.1 Å². The first kappa shape index (κ1) is 21.0. The van der Waals surface area contributed by atoms with Crippen molar-refractivity contribution in [1.29, 1.82) is 0 Å². The lowest BCUT2D eigenvalue weighted by molar-refractivity contribution is 0.390. The summed E-state index contributed by atoms with van der Waals surface area (Å²) >= 11 is 0. The summed E-state index contributed by atoms with van der Waals surface area (Å²) in [5.41, 5.74) is 7.41. The van der Waals surface area contributed by atoms with Crippen LogP contribution in [0.25, 0.3) is 0 Å². The van der Waals surface area contributed by atoms with Gasteiger partial charge in [0.2, 0.25) is 0 Å². The van der Waals surface area contributed by atoms with Crippen LogP contribution in [0.3, 0.4) is 0 Å². The average molecular weight is 424 g/mol. The molecule has 0 atom stereocenters. The minimum atomic E-state index is 0.614. The van der Waals surface area contributed by atoms with Gasteiger partial charge in [-0.2, -0.15) is 5.10 Å². The number of nitrogens with zero attached hydrogens (tertiary/aromatic N) is 8. The molecule has 10 heteroatoms. The van der Waals surface area contributed by atoms with Crippen molar-refractivity contribution in [2.24, 2.45) is 7.05 Å². The summed E-state index contributed by atoms with van der Waals surface area (Å²) in [6.45, 7) is 10.7. The molecule has 4 aromatic rings. The number of aromatic nitrogens is 9. The number of nitrogens with one attached hydrogen (secondary N) is 1. The number of rotatable bonds is 8. The lowest BCUT2D eigenvalue weighted by Gasteiger charge is -2.04. The second-order valence-corrected chi connectivity index (χ2v) is 8.09. The summed E-state index contributed by atoms with van der Waals surface area (Å²) in [6, 6.07) is 0. The molecule has 0 saturated carbocycles. The van der Waals surface area contributed by atoms with E-state index in [2.05, 4.69) is 49.7 Å². The van der Waals surface area contributed by atoms with Crippen molar-refractivity contribution >= 4 is 0 Å². The molecule has 0 unspecified atom stereocenters. The van der Waals surface area contributed by atoms with Crippen LogP contribution in [0.15, 0.2) is 4.52 Å². The van der Waals surface area contributed by atoms with Crippen molar-refractivity contribution in [3.8, 4) is 0 Å². The summed E-state index contributed by atoms with van der Waals surface area (Å²) in [5, 5.41) is 29.0. The molecule has 0 radical (unpaired) electrons. The van der Waals surface area contributed by atoms with E-state index in [9.17, 15) is 0 Å². The lowest BCUT2D eigenvalue weighted by atomic mass is 10.1. The first-order valence-electron chi connectivity index (χ1n) is 10.5. The smallest absolute Gasteiger partial charge is 0.136 e. The van der Waals surface area contributed by atoms with Crippen LogP contribution >= 0.6 is 0 Å². The predicted molar refractivity (Wildman–Crippen MR) is 114 cm³/mol. The van der Waals surface area contributed by atoms with Crippen LogP contribution in [0.2, 0.25) is 0 Å². The number of hydrogen-bond donors (Lipinski definition) is 1. The molecule has 4 rings (SSSR count). The molecule has 164 valence electrons. The summed E-state index contributed by atoms with van der Waals surface area (Å²) in [4.78, 5) is 0. The zero-order valence-corrected chi connectivity index (χ0v) is 19.0. The Kier molecular flexibility index (Phi) is 5.71. The minimum absolute atomic E-state index is 0.614. The number of aryl methyl sites for hydroxylation is 6. The maximum Gasteiger partial charge on any atom is 0.136 e. The SMILES string of the molecule is Cc1onc(CCc2n[nH]c(Cn3nnc(CCc4nnc(C)n4C)c3C)c2C)c1C. The Morgan fingerprint density at radius 1 is 0.839 bits per heavy atom. The summed E-state index contributed by atoms with van der Waals surface area (Å²) < 4.78 is 9.20. The van der Waals surface area contributed by atoms with E-state index < -0.39 is 0 Å². The van der Waals surface area contributed by atoms with E-state index in [4.69, 9.17) is 4.52 Å². The van der Waals surface area contributed by atoms with Crippen LogP contribution < -0.4 is 0 Å². The summed E-state index contributed by atoms with van der Waals surface area (Å²) in [7, 11) is 1.98.